The maximum Gasteiger partial charge on any atom is 0.377 e. The molecule has 2 aliphatic carbocycles. The van der Waals surface area contributed by atoms with E-state index in [4.69, 9.17) is 0 Å². The molecule has 0 heterocycles. The Morgan fingerprint density at radius 3 is 1.78 bits per heavy atom. The van der Waals surface area contributed by atoms with Gasteiger partial charge in [0.1, 0.15) is 0 Å². The summed E-state index contributed by atoms with van der Waals surface area (Å²) in [6, 6.07) is 0. The molecule has 2 rings (SSSR count). The van der Waals surface area contributed by atoms with Crippen molar-refractivity contribution in [2.75, 3.05) is 13.2 Å². The minimum atomic E-state index is -3.28. The summed E-state index contributed by atoms with van der Waals surface area (Å²) >= 11 is 0. The van der Waals surface area contributed by atoms with Gasteiger partial charge >= 0.3 is 17.9 Å². The number of Topliss-reactive ketones (excluding diaryl/α,β-unsaturated/α-hetero) is 1. The molecule has 156 valence electrons. The molecule has 0 spiro atoms. The van der Waals surface area contributed by atoms with Crippen LogP contribution in [0.1, 0.15) is 78.1 Å². The van der Waals surface area contributed by atoms with E-state index in [1.54, 1.807) is 6.92 Å². The zero-order chi connectivity index (χ0) is 20.3. The van der Waals surface area contributed by atoms with Crippen molar-refractivity contribution in [3.8, 4) is 0 Å². The number of ketones is 1. The highest BCUT2D eigenvalue weighted by Gasteiger charge is 2.48. The van der Waals surface area contributed by atoms with E-state index in [2.05, 4.69) is 9.47 Å². The van der Waals surface area contributed by atoms with Crippen LogP contribution in [0, 0.1) is 11.8 Å². The van der Waals surface area contributed by atoms with Gasteiger partial charge in [0.2, 0.25) is 5.78 Å². The Labute approximate surface area is 160 Å². The maximum absolute atomic E-state index is 13.4. The van der Waals surface area contributed by atoms with Crippen molar-refractivity contribution in [3.63, 3.8) is 0 Å². The minimum absolute atomic E-state index is 0.0150. The van der Waals surface area contributed by atoms with Crippen LogP contribution in [-0.4, -0.2) is 36.9 Å². The molecule has 0 bridgehead atoms. The molecule has 0 unspecified atom stereocenters. The zero-order valence-electron chi connectivity index (χ0n) is 16.4. The molecule has 5 nitrogen and oxygen atoms in total. The average Bonchev–Trinajstić information content (AvgIpc) is 2.69. The smallest absolute Gasteiger partial charge is 0.377 e. The largest absolute Gasteiger partial charge is 0.462 e. The van der Waals surface area contributed by atoms with Gasteiger partial charge in [0.05, 0.1) is 13.2 Å². The van der Waals surface area contributed by atoms with Gasteiger partial charge in [0.15, 0.2) is 0 Å². The molecule has 0 aromatic heterocycles. The van der Waals surface area contributed by atoms with Crippen LogP contribution in [0.5, 0.6) is 0 Å². The van der Waals surface area contributed by atoms with E-state index >= 15 is 0 Å². The lowest BCUT2D eigenvalue weighted by atomic mass is 9.84. The third-order valence-corrected chi connectivity index (χ3v) is 5.12. The first kappa shape index (κ1) is 23.5. The molecular weight excluding hydrogens is 358 g/mol. The molecule has 0 saturated heterocycles. The second kappa shape index (κ2) is 12.0. The van der Waals surface area contributed by atoms with E-state index in [1.807, 2.05) is 0 Å². The summed E-state index contributed by atoms with van der Waals surface area (Å²) in [6.07, 6.45) is 8.49. The van der Waals surface area contributed by atoms with Gasteiger partial charge in [-0.25, -0.2) is 9.59 Å². The number of hydrogen-bond donors (Lipinski definition) is 0. The summed E-state index contributed by atoms with van der Waals surface area (Å²) < 4.78 is 35.9. The van der Waals surface area contributed by atoms with E-state index in [-0.39, 0.29) is 24.9 Å². The minimum Gasteiger partial charge on any atom is -0.462 e. The number of carbonyl (C=O) groups is 3. The summed E-state index contributed by atoms with van der Waals surface area (Å²) in [4.78, 5) is 33.5. The number of hydrogen-bond acceptors (Lipinski definition) is 5. The van der Waals surface area contributed by atoms with Crippen LogP contribution >= 0.6 is 0 Å². The van der Waals surface area contributed by atoms with Gasteiger partial charge in [0.25, 0.3) is 0 Å². The summed E-state index contributed by atoms with van der Waals surface area (Å²) in [6.45, 7) is 3.55. The van der Waals surface area contributed by atoms with E-state index in [9.17, 15) is 23.2 Å². The molecule has 0 radical (unpaired) electrons. The van der Waals surface area contributed by atoms with Crippen molar-refractivity contribution in [2.45, 2.75) is 84.0 Å². The topological polar surface area (TPSA) is 69.7 Å². The molecule has 0 aromatic rings. The van der Waals surface area contributed by atoms with Crippen molar-refractivity contribution < 1.29 is 32.6 Å². The van der Waals surface area contributed by atoms with Crippen LogP contribution in [0.3, 0.4) is 0 Å². The monoisotopic (exact) mass is 390 g/mol. The van der Waals surface area contributed by atoms with Gasteiger partial charge < -0.3 is 9.47 Å². The molecular formula is C20H32F2O5. The lowest BCUT2D eigenvalue weighted by Gasteiger charge is -2.27. The lowest BCUT2D eigenvalue weighted by Crippen LogP contribution is -2.39. The second-order valence-electron chi connectivity index (χ2n) is 7.10. The Balaban J connectivity index is 0.000000271. The first-order chi connectivity index (χ1) is 12.8. The van der Waals surface area contributed by atoms with Gasteiger partial charge in [-0.3, -0.25) is 4.79 Å². The molecule has 2 aliphatic rings. The van der Waals surface area contributed by atoms with Gasteiger partial charge in [-0.1, -0.05) is 38.5 Å². The number of esters is 2. The van der Waals surface area contributed by atoms with Crippen LogP contribution in [-0.2, 0) is 23.9 Å². The van der Waals surface area contributed by atoms with Crippen LogP contribution in [0.15, 0.2) is 0 Å². The van der Waals surface area contributed by atoms with Gasteiger partial charge in [-0.05, 0) is 39.5 Å². The lowest BCUT2D eigenvalue weighted by molar-refractivity contribution is -0.181. The molecule has 2 saturated carbocycles. The van der Waals surface area contributed by atoms with Crippen molar-refractivity contribution in [1.29, 1.82) is 0 Å². The first-order valence-electron chi connectivity index (χ1n) is 10.1. The SMILES string of the molecule is CCOC(=O)C(=O)C1CCCCC1.CCOC(=O)C(F)(F)C1CCCCC1. The maximum atomic E-state index is 13.4. The Bertz CT molecular complexity index is 481. The Kier molecular flexibility index (Phi) is 10.5. The molecule has 2 fully saturated rings. The third-order valence-electron chi connectivity index (χ3n) is 5.12. The predicted molar refractivity (Wildman–Crippen MR) is 96.4 cm³/mol. The Morgan fingerprint density at radius 1 is 0.815 bits per heavy atom. The summed E-state index contributed by atoms with van der Waals surface area (Å²) in [5.41, 5.74) is 0. The normalized spacial score (nSPS) is 18.8. The third kappa shape index (κ3) is 7.54. The van der Waals surface area contributed by atoms with Crippen molar-refractivity contribution in [3.05, 3.63) is 0 Å². The van der Waals surface area contributed by atoms with E-state index in [0.29, 0.717) is 12.8 Å². The molecule has 7 heteroatoms. The molecule has 27 heavy (non-hydrogen) atoms. The van der Waals surface area contributed by atoms with Gasteiger partial charge in [-0.2, -0.15) is 8.78 Å². The molecule has 0 aromatic carbocycles. The fraction of sp³-hybridized carbons (Fsp3) is 0.850. The van der Waals surface area contributed by atoms with Gasteiger partial charge in [0, 0.05) is 11.8 Å². The zero-order valence-corrected chi connectivity index (χ0v) is 16.4. The first-order valence-corrected chi connectivity index (χ1v) is 10.1. The van der Waals surface area contributed by atoms with Crippen molar-refractivity contribution in [2.24, 2.45) is 11.8 Å². The van der Waals surface area contributed by atoms with E-state index in [0.717, 1.165) is 44.9 Å². The van der Waals surface area contributed by atoms with E-state index < -0.39 is 23.8 Å². The highest BCUT2D eigenvalue weighted by atomic mass is 19.3. The van der Waals surface area contributed by atoms with Crippen LogP contribution in [0.4, 0.5) is 8.78 Å². The second-order valence-corrected chi connectivity index (χ2v) is 7.10. The summed E-state index contributed by atoms with van der Waals surface area (Å²) in [7, 11) is 0. The van der Waals surface area contributed by atoms with Crippen molar-refractivity contribution >= 4 is 17.7 Å². The average molecular weight is 390 g/mol. The van der Waals surface area contributed by atoms with Gasteiger partial charge in [-0.15, -0.1) is 0 Å². The number of alkyl halides is 2. The van der Waals surface area contributed by atoms with Crippen LogP contribution in [0.25, 0.3) is 0 Å². The number of carbonyl (C=O) groups excluding carboxylic acids is 3. The highest BCUT2D eigenvalue weighted by molar-refractivity contribution is 6.34. The summed E-state index contributed by atoms with van der Waals surface area (Å²) in [5, 5.41) is 0. The fourth-order valence-corrected chi connectivity index (χ4v) is 3.59. The quantitative estimate of drug-likeness (QED) is 0.495. The highest BCUT2D eigenvalue weighted by Crippen LogP contribution is 2.37. The Morgan fingerprint density at radius 2 is 1.30 bits per heavy atom. The number of ether oxygens (including phenoxy) is 2. The summed E-state index contributed by atoms with van der Waals surface area (Å²) in [5.74, 6) is -6.47. The molecule has 0 amide bonds. The van der Waals surface area contributed by atoms with Crippen LogP contribution in [0.2, 0.25) is 0 Å². The Hall–Kier alpha value is -1.53. The van der Waals surface area contributed by atoms with Crippen LogP contribution < -0.4 is 0 Å². The number of halogens is 2. The predicted octanol–water partition coefficient (Wildman–Crippen LogP) is 4.46. The van der Waals surface area contributed by atoms with Crippen molar-refractivity contribution in [1.82, 2.24) is 0 Å². The fourth-order valence-electron chi connectivity index (χ4n) is 3.59. The molecule has 0 atom stereocenters. The number of rotatable bonds is 6. The molecule has 0 aliphatic heterocycles. The standard InChI is InChI=1S/C10H16F2O2.C10H16O3/c1-2-14-9(13)10(11,12)8-6-4-3-5-7-8;1-2-13-10(12)9(11)8-6-4-3-5-7-8/h8H,2-7H2,1H3;8H,2-7H2,1H3. The van der Waals surface area contributed by atoms with E-state index in [1.165, 1.54) is 13.3 Å². The molecule has 0 N–H and O–H groups in total.